The fourth-order valence-corrected chi connectivity index (χ4v) is 5.17. The van der Waals surface area contributed by atoms with Crippen LogP contribution in [0.15, 0.2) is 85.1 Å². The lowest BCUT2D eigenvalue weighted by Crippen LogP contribution is -2.46. The van der Waals surface area contributed by atoms with Crippen LogP contribution in [0.3, 0.4) is 0 Å². The zero-order chi connectivity index (χ0) is 25.8. The average molecular weight is 537 g/mol. The molecule has 0 aromatic heterocycles. The van der Waals surface area contributed by atoms with Crippen molar-refractivity contribution in [2.75, 3.05) is 24.8 Å². The highest BCUT2D eigenvalue weighted by molar-refractivity contribution is 6.42. The number of nitrogens with one attached hydrogen (secondary N) is 1. The molecule has 0 spiro atoms. The highest BCUT2D eigenvalue weighted by Crippen LogP contribution is 2.33. The van der Waals surface area contributed by atoms with Crippen molar-refractivity contribution < 1.29 is 9.90 Å². The van der Waals surface area contributed by atoms with Gasteiger partial charge < -0.3 is 10.0 Å². The summed E-state index contributed by atoms with van der Waals surface area (Å²) in [6.07, 6.45) is 4.31. The van der Waals surface area contributed by atoms with Gasteiger partial charge in [-0.1, -0.05) is 83.9 Å². The van der Waals surface area contributed by atoms with Crippen LogP contribution in [-0.4, -0.2) is 40.6 Å². The molecule has 37 heavy (non-hydrogen) atoms. The fourth-order valence-electron chi connectivity index (χ4n) is 4.87. The standard InChI is InChI=1S/C29H30Cl2N4O2/c30-25-14-13-24(20-26(25)31)35-32-27(22-8-3-1-4-9-22)21-34(35)28(36)12-7-17-33-18-15-29(37,16-19-33)23-10-5-2-6-11-23/h1-6,8-11,13-14,20-21,32,37H,7,12,15-19H2. The Morgan fingerprint density at radius 2 is 1.59 bits per heavy atom. The van der Waals surface area contributed by atoms with Crippen molar-refractivity contribution in [2.24, 2.45) is 0 Å². The van der Waals surface area contributed by atoms with E-state index >= 15 is 0 Å². The zero-order valence-corrected chi connectivity index (χ0v) is 22.0. The molecule has 6 nitrogen and oxygen atoms in total. The molecule has 3 aromatic carbocycles. The molecule has 0 atom stereocenters. The Hall–Kier alpha value is -3.03. The summed E-state index contributed by atoms with van der Waals surface area (Å²) in [6, 6.07) is 25.0. The summed E-state index contributed by atoms with van der Waals surface area (Å²) in [5.74, 6) is -0.0256. The minimum atomic E-state index is -0.770. The van der Waals surface area contributed by atoms with Gasteiger partial charge in [-0.15, -0.1) is 0 Å². The quantitative estimate of drug-likeness (QED) is 0.398. The van der Waals surface area contributed by atoms with Crippen LogP contribution in [0.4, 0.5) is 5.69 Å². The lowest BCUT2D eigenvalue weighted by atomic mass is 9.84. The van der Waals surface area contributed by atoms with E-state index in [0.29, 0.717) is 35.0 Å². The first-order valence-electron chi connectivity index (χ1n) is 12.5. The molecule has 8 heteroatoms. The van der Waals surface area contributed by atoms with Crippen molar-refractivity contribution in [1.29, 1.82) is 0 Å². The van der Waals surface area contributed by atoms with Crippen molar-refractivity contribution in [3.8, 4) is 0 Å². The smallest absolute Gasteiger partial charge is 0.246 e. The number of nitrogens with zero attached hydrogens (tertiary/aromatic N) is 3. The first-order chi connectivity index (χ1) is 17.9. The van der Waals surface area contributed by atoms with Gasteiger partial charge in [0.2, 0.25) is 5.91 Å². The Balaban J connectivity index is 1.21. The number of hydrogen-bond acceptors (Lipinski definition) is 5. The number of benzene rings is 3. The molecule has 0 unspecified atom stereocenters. The number of carbonyl (C=O) groups is 1. The van der Waals surface area contributed by atoms with Crippen LogP contribution in [-0.2, 0) is 10.4 Å². The van der Waals surface area contributed by atoms with Gasteiger partial charge in [0, 0.05) is 25.1 Å². The Morgan fingerprint density at radius 1 is 0.919 bits per heavy atom. The maximum Gasteiger partial charge on any atom is 0.246 e. The third-order valence-corrected chi connectivity index (χ3v) is 7.78. The molecular weight excluding hydrogens is 507 g/mol. The van der Waals surface area contributed by atoms with Gasteiger partial charge in [-0.25, -0.2) is 5.01 Å². The average Bonchev–Trinajstić information content (AvgIpc) is 3.38. The summed E-state index contributed by atoms with van der Waals surface area (Å²) in [6.45, 7) is 2.41. The van der Waals surface area contributed by atoms with Crippen LogP contribution >= 0.6 is 23.2 Å². The van der Waals surface area contributed by atoms with E-state index in [1.807, 2.05) is 72.9 Å². The molecule has 3 aromatic rings. The van der Waals surface area contributed by atoms with Crippen molar-refractivity contribution in [1.82, 2.24) is 15.3 Å². The van der Waals surface area contributed by atoms with Crippen LogP contribution in [0.5, 0.6) is 0 Å². The Kier molecular flexibility index (Phi) is 7.72. The molecule has 2 aliphatic heterocycles. The van der Waals surface area contributed by atoms with Crippen molar-refractivity contribution in [2.45, 2.75) is 31.3 Å². The SMILES string of the molecule is O=C(CCCN1CCC(O)(c2ccccc2)CC1)N1C=C(c2ccccc2)NN1c1ccc(Cl)c(Cl)c1. The van der Waals surface area contributed by atoms with E-state index in [-0.39, 0.29) is 5.91 Å². The second-order valence-electron chi connectivity index (χ2n) is 9.51. The van der Waals surface area contributed by atoms with Crippen molar-refractivity contribution in [3.05, 3.63) is 106 Å². The van der Waals surface area contributed by atoms with Gasteiger partial charge in [-0.05, 0) is 49.6 Å². The number of hydrogen-bond donors (Lipinski definition) is 2. The van der Waals surface area contributed by atoms with Crippen molar-refractivity contribution >= 4 is 40.5 Å². The van der Waals surface area contributed by atoms with Crippen LogP contribution in [0.2, 0.25) is 10.0 Å². The maximum absolute atomic E-state index is 13.4. The number of aliphatic hydroxyl groups is 1. The molecule has 0 saturated carbocycles. The molecule has 0 radical (unpaired) electrons. The van der Waals surface area contributed by atoms with Crippen LogP contribution in [0.1, 0.15) is 36.8 Å². The molecular formula is C29H30Cl2N4O2. The highest BCUT2D eigenvalue weighted by Gasteiger charge is 2.34. The molecule has 0 bridgehead atoms. The molecule has 1 saturated heterocycles. The number of piperidine rings is 1. The summed E-state index contributed by atoms with van der Waals surface area (Å²) in [5, 5.41) is 15.3. The summed E-state index contributed by atoms with van der Waals surface area (Å²) in [7, 11) is 0. The molecule has 2 heterocycles. The molecule has 192 valence electrons. The van der Waals surface area contributed by atoms with E-state index in [9.17, 15) is 9.90 Å². The number of amides is 1. The van der Waals surface area contributed by atoms with Gasteiger partial charge in [0.15, 0.2) is 0 Å². The van der Waals surface area contributed by atoms with E-state index < -0.39 is 5.60 Å². The summed E-state index contributed by atoms with van der Waals surface area (Å²) in [4.78, 5) is 15.7. The summed E-state index contributed by atoms with van der Waals surface area (Å²) in [5.41, 5.74) is 6.04. The van der Waals surface area contributed by atoms with Crippen molar-refractivity contribution in [3.63, 3.8) is 0 Å². The van der Waals surface area contributed by atoms with Crippen LogP contribution in [0, 0.1) is 0 Å². The lowest BCUT2D eigenvalue weighted by molar-refractivity contribution is -0.129. The number of rotatable bonds is 7. The monoisotopic (exact) mass is 536 g/mol. The van der Waals surface area contributed by atoms with E-state index in [2.05, 4.69) is 10.3 Å². The molecule has 2 aliphatic rings. The Morgan fingerprint density at radius 3 is 2.27 bits per heavy atom. The normalized spacial score (nSPS) is 17.4. The topological polar surface area (TPSA) is 59.1 Å². The zero-order valence-electron chi connectivity index (χ0n) is 20.5. The number of hydrazine groups is 2. The van der Waals surface area contributed by atoms with Gasteiger partial charge >= 0.3 is 0 Å². The predicted octanol–water partition coefficient (Wildman–Crippen LogP) is 5.82. The summed E-state index contributed by atoms with van der Waals surface area (Å²) >= 11 is 12.4. The van der Waals surface area contributed by atoms with Gasteiger partial charge in [0.25, 0.3) is 0 Å². The maximum atomic E-state index is 13.4. The number of halogens is 2. The van der Waals surface area contributed by atoms with Gasteiger partial charge in [0.1, 0.15) is 0 Å². The second kappa shape index (κ2) is 11.2. The van der Waals surface area contributed by atoms with E-state index in [1.54, 1.807) is 22.3 Å². The highest BCUT2D eigenvalue weighted by atomic mass is 35.5. The first-order valence-corrected chi connectivity index (χ1v) is 13.3. The third kappa shape index (κ3) is 5.78. The minimum absolute atomic E-state index is 0.0256. The van der Waals surface area contributed by atoms with E-state index in [1.165, 1.54) is 0 Å². The molecule has 5 rings (SSSR count). The number of carbonyl (C=O) groups excluding carboxylic acids is 1. The van der Waals surface area contributed by atoms with E-state index in [0.717, 1.165) is 42.9 Å². The fraction of sp³-hybridized carbons (Fsp3) is 0.276. The molecule has 1 fully saturated rings. The van der Waals surface area contributed by atoms with Crippen LogP contribution < -0.4 is 10.5 Å². The minimum Gasteiger partial charge on any atom is -0.385 e. The van der Waals surface area contributed by atoms with Gasteiger partial charge in [-0.3, -0.25) is 10.2 Å². The molecule has 2 N–H and O–H groups in total. The van der Waals surface area contributed by atoms with E-state index in [4.69, 9.17) is 23.2 Å². The first kappa shape index (κ1) is 25.6. The van der Waals surface area contributed by atoms with Gasteiger partial charge in [-0.2, -0.15) is 5.12 Å². The molecule has 1 amide bonds. The number of likely N-dealkylation sites (tertiary alicyclic amines) is 1. The predicted molar refractivity (Wildman–Crippen MR) is 149 cm³/mol. The Bertz CT molecular complexity index is 1260. The summed E-state index contributed by atoms with van der Waals surface area (Å²) < 4.78 is 0. The third-order valence-electron chi connectivity index (χ3n) is 7.04. The van der Waals surface area contributed by atoms with Gasteiger partial charge in [0.05, 0.1) is 33.2 Å². The van der Waals surface area contributed by atoms with Crippen LogP contribution in [0.25, 0.3) is 5.70 Å². The Labute approximate surface area is 227 Å². The molecule has 0 aliphatic carbocycles. The largest absolute Gasteiger partial charge is 0.385 e. The lowest BCUT2D eigenvalue weighted by Gasteiger charge is -2.38. The second-order valence-corrected chi connectivity index (χ2v) is 10.3. The number of anilines is 1.